The molecular formula is C30H23NO. The summed E-state index contributed by atoms with van der Waals surface area (Å²) in [5.74, 6) is -0.672. The van der Waals surface area contributed by atoms with Gasteiger partial charge >= 0.3 is 0 Å². The largest absolute Gasteiger partial charge is 0.456 e. The zero-order chi connectivity index (χ0) is 22.6. The molecule has 0 amide bonds. The molecule has 0 N–H and O–H groups in total. The normalized spacial score (nSPS) is 12.5. The molecule has 0 radical (unpaired) electrons. The molecule has 6 rings (SSSR count). The molecule has 32 heavy (non-hydrogen) atoms. The second-order valence-electron chi connectivity index (χ2n) is 8.48. The number of fused-ring (bicyclic) bond motifs is 5. The molecule has 0 unspecified atom stereocenters. The van der Waals surface area contributed by atoms with Crippen LogP contribution in [0.5, 0.6) is 0 Å². The van der Waals surface area contributed by atoms with Crippen LogP contribution in [0, 0.1) is 0 Å². The van der Waals surface area contributed by atoms with Gasteiger partial charge in [0.1, 0.15) is 11.2 Å². The van der Waals surface area contributed by atoms with Crippen LogP contribution in [0.3, 0.4) is 0 Å². The highest BCUT2D eigenvalue weighted by Crippen LogP contribution is 2.38. The van der Waals surface area contributed by atoms with Crippen molar-refractivity contribution in [3.63, 3.8) is 0 Å². The van der Waals surface area contributed by atoms with Crippen molar-refractivity contribution in [2.75, 3.05) is 0 Å². The minimum Gasteiger partial charge on any atom is -0.456 e. The molecule has 4 aromatic carbocycles. The molecule has 154 valence electrons. The van der Waals surface area contributed by atoms with Crippen molar-refractivity contribution in [3.8, 4) is 22.4 Å². The SMILES string of the molecule is [2H]C(C)(C)c1ccnc(-c2ccc3oc4ccc5ccc(-c6ccccc6)cc5c4c3c2)c1. The number of hydrogen-bond donors (Lipinski definition) is 0. The van der Waals surface area contributed by atoms with E-state index >= 15 is 0 Å². The van der Waals surface area contributed by atoms with Crippen molar-refractivity contribution in [2.24, 2.45) is 0 Å². The minimum absolute atomic E-state index is 0.672. The van der Waals surface area contributed by atoms with Crippen LogP contribution in [0.15, 0.2) is 102 Å². The zero-order valence-electron chi connectivity index (χ0n) is 19.1. The summed E-state index contributed by atoms with van der Waals surface area (Å²) in [6.07, 6.45) is 1.79. The number of pyridine rings is 1. The van der Waals surface area contributed by atoms with E-state index in [1.54, 1.807) is 6.20 Å². The summed E-state index contributed by atoms with van der Waals surface area (Å²) >= 11 is 0. The average molecular weight is 415 g/mol. The molecule has 0 saturated heterocycles. The Labute approximate surface area is 188 Å². The fourth-order valence-corrected chi connectivity index (χ4v) is 4.46. The van der Waals surface area contributed by atoms with Crippen molar-refractivity contribution in [2.45, 2.75) is 19.7 Å². The molecule has 0 saturated carbocycles. The minimum atomic E-state index is -0.672. The molecule has 6 aromatic rings. The van der Waals surface area contributed by atoms with E-state index in [2.05, 4.69) is 65.6 Å². The van der Waals surface area contributed by atoms with Crippen LogP contribution in [0.4, 0.5) is 0 Å². The van der Waals surface area contributed by atoms with Gasteiger partial charge in [-0.3, -0.25) is 4.98 Å². The summed E-state index contributed by atoms with van der Waals surface area (Å²) in [7, 11) is 0. The smallest absolute Gasteiger partial charge is 0.136 e. The third kappa shape index (κ3) is 3.07. The predicted molar refractivity (Wildman–Crippen MR) is 134 cm³/mol. The van der Waals surface area contributed by atoms with Crippen LogP contribution >= 0.6 is 0 Å². The summed E-state index contributed by atoms with van der Waals surface area (Å²) in [6, 6.07) is 31.4. The molecule has 0 aliphatic heterocycles. The first-order chi connectivity index (χ1) is 16.0. The first-order valence-corrected chi connectivity index (χ1v) is 10.9. The maximum absolute atomic E-state index is 8.38. The molecule has 2 aromatic heterocycles. The van der Waals surface area contributed by atoms with Gasteiger partial charge in [0.25, 0.3) is 0 Å². The van der Waals surface area contributed by atoms with Gasteiger partial charge in [0.2, 0.25) is 0 Å². The Bertz CT molecular complexity index is 1640. The summed E-state index contributed by atoms with van der Waals surface area (Å²) in [4.78, 5) is 4.60. The van der Waals surface area contributed by atoms with Gasteiger partial charge in [0.15, 0.2) is 0 Å². The van der Waals surface area contributed by atoms with Crippen molar-refractivity contribution in [3.05, 3.63) is 103 Å². The van der Waals surface area contributed by atoms with Crippen LogP contribution in [-0.4, -0.2) is 4.98 Å². The molecule has 0 atom stereocenters. The molecule has 0 fully saturated rings. The summed E-state index contributed by atoms with van der Waals surface area (Å²) in [5.41, 5.74) is 6.97. The number of rotatable bonds is 3. The molecule has 0 aliphatic rings. The van der Waals surface area contributed by atoms with Gasteiger partial charge < -0.3 is 4.42 Å². The fourth-order valence-electron chi connectivity index (χ4n) is 4.46. The highest BCUT2D eigenvalue weighted by molar-refractivity contribution is 6.19. The molecule has 0 spiro atoms. The summed E-state index contributed by atoms with van der Waals surface area (Å²) in [5, 5.41) is 4.57. The van der Waals surface area contributed by atoms with Crippen molar-refractivity contribution in [1.82, 2.24) is 4.98 Å². The quantitative estimate of drug-likeness (QED) is 0.290. The van der Waals surface area contributed by atoms with Crippen LogP contribution in [-0.2, 0) is 0 Å². The van der Waals surface area contributed by atoms with E-state index in [-0.39, 0.29) is 0 Å². The lowest BCUT2D eigenvalue weighted by atomic mass is 9.97. The number of hydrogen-bond acceptors (Lipinski definition) is 2. The number of benzene rings is 4. The lowest BCUT2D eigenvalue weighted by Crippen LogP contribution is -1.90. The monoisotopic (exact) mass is 414 g/mol. The lowest BCUT2D eigenvalue weighted by molar-refractivity contribution is 0.669. The number of aromatic nitrogens is 1. The van der Waals surface area contributed by atoms with Crippen molar-refractivity contribution < 1.29 is 5.79 Å². The van der Waals surface area contributed by atoms with Crippen molar-refractivity contribution >= 4 is 32.7 Å². The summed E-state index contributed by atoms with van der Waals surface area (Å²) < 4.78 is 14.6. The van der Waals surface area contributed by atoms with Gasteiger partial charge in [-0.1, -0.05) is 62.4 Å². The topological polar surface area (TPSA) is 26.0 Å². The van der Waals surface area contributed by atoms with Crippen molar-refractivity contribution in [1.29, 1.82) is 0 Å². The fraction of sp³-hybridized carbons (Fsp3) is 0.100. The third-order valence-corrected chi connectivity index (χ3v) is 6.19. The third-order valence-electron chi connectivity index (χ3n) is 6.19. The first kappa shape index (κ1) is 17.7. The maximum atomic E-state index is 8.38. The lowest BCUT2D eigenvalue weighted by Gasteiger charge is -2.08. The molecule has 2 heteroatoms. The van der Waals surface area contributed by atoms with Crippen LogP contribution in [0.1, 0.15) is 26.7 Å². The Balaban J connectivity index is 1.59. The summed E-state index contributed by atoms with van der Waals surface area (Å²) in [6.45, 7) is 3.80. The molecule has 2 heterocycles. The van der Waals surface area contributed by atoms with Gasteiger partial charge in [0.05, 0.1) is 5.69 Å². The van der Waals surface area contributed by atoms with Gasteiger partial charge in [-0.25, -0.2) is 0 Å². The van der Waals surface area contributed by atoms with Crippen LogP contribution in [0.2, 0.25) is 0 Å². The second kappa shape index (κ2) is 7.35. The number of nitrogens with zero attached hydrogens (tertiary/aromatic N) is 1. The van der Waals surface area contributed by atoms with E-state index in [0.717, 1.165) is 38.8 Å². The van der Waals surface area contributed by atoms with Gasteiger partial charge in [-0.15, -0.1) is 0 Å². The molecule has 0 bridgehead atoms. The second-order valence-corrected chi connectivity index (χ2v) is 8.48. The first-order valence-electron chi connectivity index (χ1n) is 11.4. The highest BCUT2D eigenvalue weighted by atomic mass is 16.3. The Morgan fingerprint density at radius 2 is 1.47 bits per heavy atom. The molecule has 0 aliphatic carbocycles. The highest BCUT2D eigenvalue weighted by Gasteiger charge is 2.13. The maximum Gasteiger partial charge on any atom is 0.136 e. The van der Waals surface area contributed by atoms with E-state index in [1.807, 2.05) is 44.2 Å². The predicted octanol–water partition coefficient (Wildman–Crippen LogP) is 8.59. The van der Waals surface area contributed by atoms with E-state index in [4.69, 9.17) is 5.79 Å². The van der Waals surface area contributed by atoms with Crippen LogP contribution in [0.25, 0.3) is 55.1 Å². The van der Waals surface area contributed by atoms with E-state index < -0.39 is 5.89 Å². The van der Waals surface area contributed by atoms with Crippen LogP contribution < -0.4 is 0 Å². The van der Waals surface area contributed by atoms with E-state index in [9.17, 15) is 0 Å². The Kier molecular flexibility index (Phi) is 4.07. The Morgan fingerprint density at radius 3 is 2.31 bits per heavy atom. The Morgan fingerprint density at radius 1 is 0.719 bits per heavy atom. The van der Waals surface area contributed by atoms with Gasteiger partial charge in [0, 0.05) is 23.9 Å². The average Bonchev–Trinajstić information content (AvgIpc) is 3.22. The van der Waals surface area contributed by atoms with E-state index in [0.29, 0.717) is 0 Å². The number of furan rings is 1. The standard InChI is InChI=1S/C30H23NO/c1-19(2)22-14-15-31-27(18-22)24-11-12-28-26(17-24)30-25-16-23(20-6-4-3-5-7-20)9-8-21(25)10-13-29(30)32-28/h3-19H,1-2H3/i19D. The molecular weight excluding hydrogens is 390 g/mol. The zero-order valence-corrected chi connectivity index (χ0v) is 18.1. The molecule has 2 nitrogen and oxygen atoms in total. The van der Waals surface area contributed by atoms with E-state index in [1.165, 1.54) is 21.9 Å². The van der Waals surface area contributed by atoms with Gasteiger partial charge in [-0.05, 0) is 75.8 Å². The van der Waals surface area contributed by atoms with Gasteiger partial charge in [-0.2, -0.15) is 0 Å². The Hall–Kier alpha value is -3.91.